The lowest BCUT2D eigenvalue weighted by Gasteiger charge is -2.41. The molecule has 6 atom stereocenters. The van der Waals surface area contributed by atoms with Crippen LogP contribution in [0.4, 0.5) is 0 Å². The molecule has 4 N–H and O–H groups in total. The minimum Gasteiger partial charge on any atom is -0.327 e. The van der Waals surface area contributed by atoms with E-state index in [2.05, 4.69) is 13.8 Å². The summed E-state index contributed by atoms with van der Waals surface area (Å²) < 4.78 is 0. The molecule has 2 fully saturated rings. The second-order valence-corrected chi connectivity index (χ2v) is 6.71. The van der Waals surface area contributed by atoms with Crippen molar-refractivity contribution in [2.24, 2.45) is 35.1 Å². The van der Waals surface area contributed by atoms with Gasteiger partial charge in [0.15, 0.2) is 0 Å². The van der Waals surface area contributed by atoms with Gasteiger partial charge in [-0.2, -0.15) is 0 Å². The summed E-state index contributed by atoms with van der Waals surface area (Å²) in [6, 6.07) is 0.861. The summed E-state index contributed by atoms with van der Waals surface area (Å²) in [5.74, 6) is 3.06. The van der Waals surface area contributed by atoms with Crippen molar-refractivity contribution in [2.45, 2.75) is 70.9 Å². The standard InChI is InChI=1S/C15H30N2/c1-10-5-3-7-14(16)12(10)9-13-11(2)6-4-8-15(13)17/h10-15H,3-9,16-17H2,1-2H3. The van der Waals surface area contributed by atoms with Crippen LogP contribution in [-0.4, -0.2) is 12.1 Å². The zero-order valence-corrected chi connectivity index (χ0v) is 11.6. The van der Waals surface area contributed by atoms with E-state index in [4.69, 9.17) is 11.5 Å². The zero-order valence-electron chi connectivity index (χ0n) is 11.6. The molecule has 2 heteroatoms. The monoisotopic (exact) mass is 238 g/mol. The van der Waals surface area contributed by atoms with Crippen LogP contribution < -0.4 is 11.5 Å². The van der Waals surface area contributed by atoms with Gasteiger partial charge in [0, 0.05) is 12.1 Å². The SMILES string of the molecule is CC1CCCC(N)C1CC1C(C)CCCC1N. The fourth-order valence-corrected chi connectivity index (χ4v) is 4.18. The van der Waals surface area contributed by atoms with Gasteiger partial charge in [-0.3, -0.25) is 0 Å². The molecule has 0 radical (unpaired) electrons. The van der Waals surface area contributed by atoms with E-state index < -0.39 is 0 Å². The molecule has 0 saturated heterocycles. The molecule has 2 saturated carbocycles. The Kier molecular flexibility index (Phi) is 4.48. The summed E-state index contributed by atoms with van der Waals surface area (Å²) in [4.78, 5) is 0. The summed E-state index contributed by atoms with van der Waals surface area (Å²) in [7, 11) is 0. The fourth-order valence-electron chi connectivity index (χ4n) is 4.18. The predicted molar refractivity (Wildman–Crippen MR) is 73.6 cm³/mol. The van der Waals surface area contributed by atoms with Crippen LogP contribution in [0.15, 0.2) is 0 Å². The normalized spacial score (nSPS) is 48.0. The average molecular weight is 238 g/mol. The summed E-state index contributed by atoms with van der Waals surface area (Å²) in [5, 5.41) is 0. The lowest BCUT2D eigenvalue weighted by molar-refractivity contribution is 0.123. The molecule has 0 heterocycles. The highest BCUT2D eigenvalue weighted by Gasteiger charge is 2.35. The van der Waals surface area contributed by atoms with Gasteiger partial charge in [0.25, 0.3) is 0 Å². The first-order chi connectivity index (χ1) is 8.09. The largest absolute Gasteiger partial charge is 0.327 e. The van der Waals surface area contributed by atoms with E-state index in [0.717, 1.165) is 23.7 Å². The third-order valence-corrected chi connectivity index (χ3v) is 5.50. The smallest absolute Gasteiger partial charge is 0.00698 e. The minimum absolute atomic E-state index is 0.431. The molecule has 0 aromatic heterocycles. The lowest BCUT2D eigenvalue weighted by atomic mass is 9.67. The molecule has 0 amide bonds. The molecule has 0 aromatic rings. The van der Waals surface area contributed by atoms with Crippen molar-refractivity contribution in [3.63, 3.8) is 0 Å². The molecule has 0 aromatic carbocycles. The van der Waals surface area contributed by atoms with Crippen molar-refractivity contribution in [2.75, 3.05) is 0 Å². The zero-order chi connectivity index (χ0) is 12.4. The Morgan fingerprint density at radius 3 is 1.53 bits per heavy atom. The Hall–Kier alpha value is -0.0800. The molecule has 0 aliphatic heterocycles. The van der Waals surface area contributed by atoms with Crippen LogP contribution in [0.1, 0.15) is 58.8 Å². The highest BCUT2D eigenvalue weighted by molar-refractivity contribution is 4.90. The first-order valence-electron chi connectivity index (χ1n) is 7.60. The van der Waals surface area contributed by atoms with E-state index >= 15 is 0 Å². The summed E-state index contributed by atoms with van der Waals surface area (Å²) >= 11 is 0. The van der Waals surface area contributed by atoms with Crippen LogP contribution in [0.25, 0.3) is 0 Å². The van der Waals surface area contributed by atoms with Gasteiger partial charge in [-0.1, -0.05) is 39.5 Å². The van der Waals surface area contributed by atoms with Crippen LogP contribution in [0.2, 0.25) is 0 Å². The molecular weight excluding hydrogens is 208 g/mol. The van der Waals surface area contributed by atoms with Crippen LogP contribution in [0, 0.1) is 23.7 Å². The molecule has 0 spiro atoms. The van der Waals surface area contributed by atoms with Crippen LogP contribution in [0.5, 0.6) is 0 Å². The maximum atomic E-state index is 6.34. The Morgan fingerprint density at radius 2 is 1.18 bits per heavy atom. The quantitative estimate of drug-likeness (QED) is 0.777. The molecule has 17 heavy (non-hydrogen) atoms. The van der Waals surface area contributed by atoms with Gasteiger partial charge in [0.2, 0.25) is 0 Å². The first-order valence-corrected chi connectivity index (χ1v) is 7.60. The molecule has 2 rings (SSSR count). The average Bonchev–Trinajstić information content (AvgIpc) is 2.27. The molecule has 2 aliphatic rings. The number of hydrogen-bond acceptors (Lipinski definition) is 2. The van der Waals surface area contributed by atoms with Crippen molar-refractivity contribution < 1.29 is 0 Å². The summed E-state index contributed by atoms with van der Waals surface area (Å²) in [6.07, 6.45) is 9.13. The Balaban J connectivity index is 1.97. The second kappa shape index (κ2) is 5.71. The second-order valence-electron chi connectivity index (χ2n) is 6.71. The van der Waals surface area contributed by atoms with Gasteiger partial charge in [0.05, 0.1) is 0 Å². The number of nitrogens with two attached hydrogens (primary N) is 2. The Bertz CT molecular complexity index is 197. The highest BCUT2D eigenvalue weighted by Crippen LogP contribution is 2.39. The maximum Gasteiger partial charge on any atom is 0.00698 e. The molecule has 2 aliphatic carbocycles. The van der Waals surface area contributed by atoms with Gasteiger partial charge < -0.3 is 11.5 Å². The first kappa shape index (κ1) is 13.4. The van der Waals surface area contributed by atoms with Gasteiger partial charge >= 0.3 is 0 Å². The third-order valence-electron chi connectivity index (χ3n) is 5.50. The highest BCUT2D eigenvalue weighted by atomic mass is 14.7. The molecule has 0 bridgehead atoms. The van der Waals surface area contributed by atoms with Crippen molar-refractivity contribution >= 4 is 0 Å². The van der Waals surface area contributed by atoms with Gasteiger partial charge in [-0.25, -0.2) is 0 Å². The van der Waals surface area contributed by atoms with Crippen molar-refractivity contribution in [3.05, 3.63) is 0 Å². The van der Waals surface area contributed by atoms with E-state index in [1.807, 2.05) is 0 Å². The minimum atomic E-state index is 0.431. The third kappa shape index (κ3) is 3.03. The van der Waals surface area contributed by atoms with E-state index in [0.29, 0.717) is 12.1 Å². The maximum absolute atomic E-state index is 6.34. The Morgan fingerprint density at radius 1 is 0.765 bits per heavy atom. The van der Waals surface area contributed by atoms with Gasteiger partial charge in [0.1, 0.15) is 0 Å². The summed E-state index contributed by atoms with van der Waals surface area (Å²) in [6.45, 7) is 4.78. The molecular formula is C15H30N2. The van der Waals surface area contributed by atoms with Crippen LogP contribution >= 0.6 is 0 Å². The van der Waals surface area contributed by atoms with Crippen molar-refractivity contribution in [1.29, 1.82) is 0 Å². The van der Waals surface area contributed by atoms with Crippen LogP contribution in [0.3, 0.4) is 0 Å². The molecule has 6 unspecified atom stereocenters. The van der Waals surface area contributed by atoms with Crippen molar-refractivity contribution in [1.82, 2.24) is 0 Å². The topological polar surface area (TPSA) is 52.0 Å². The number of hydrogen-bond donors (Lipinski definition) is 2. The summed E-state index contributed by atoms with van der Waals surface area (Å²) in [5.41, 5.74) is 12.7. The van der Waals surface area contributed by atoms with Crippen molar-refractivity contribution in [3.8, 4) is 0 Å². The van der Waals surface area contributed by atoms with Gasteiger partial charge in [-0.05, 0) is 42.9 Å². The Labute approximate surface area is 107 Å². The van der Waals surface area contributed by atoms with E-state index in [1.54, 1.807) is 0 Å². The van der Waals surface area contributed by atoms with E-state index in [1.165, 1.54) is 44.9 Å². The number of rotatable bonds is 2. The van der Waals surface area contributed by atoms with Gasteiger partial charge in [-0.15, -0.1) is 0 Å². The predicted octanol–water partition coefficient (Wildman–Crippen LogP) is 2.90. The fraction of sp³-hybridized carbons (Fsp3) is 1.00. The molecule has 100 valence electrons. The van der Waals surface area contributed by atoms with E-state index in [9.17, 15) is 0 Å². The lowest BCUT2D eigenvalue weighted by Crippen LogP contribution is -2.44. The van der Waals surface area contributed by atoms with E-state index in [-0.39, 0.29) is 0 Å². The van der Waals surface area contributed by atoms with Crippen LogP contribution in [-0.2, 0) is 0 Å². The molecule has 2 nitrogen and oxygen atoms in total.